The van der Waals surface area contributed by atoms with E-state index < -0.39 is 0 Å². The molecule has 6 nitrogen and oxygen atoms in total. The summed E-state index contributed by atoms with van der Waals surface area (Å²) in [6.07, 6.45) is 1.62. The normalized spacial score (nSPS) is 10.5. The van der Waals surface area contributed by atoms with Crippen molar-refractivity contribution in [3.8, 4) is 11.6 Å². The maximum absolute atomic E-state index is 11.9. The zero-order valence-electron chi connectivity index (χ0n) is 14.2. The fraction of sp³-hybridized carbons (Fsp3) is 0.333. The molecule has 0 aliphatic rings. The Morgan fingerprint density at radius 1 is 1.17 bits per heavy atom. The predicted octanol–water partition coefficient (Wildman–Crippen LogP) is 3.09. The van der Waals surface area contributed by atoms with Gasteiger partial charge in [0, 0.05) is 13.3 Å². The molecule has 1 amide bonds. The van der Waals surface area contributed by atoms with E-state index in [-0.39, 0.29) is 12.5 Å². The monoisotopic (exact) mass is 330 g/mol. The van der Waals surface area contributed by atoms with Gasteiger partial charge < -0.3 is 19.5 Å². The van der Waals surface area contributed by atoms with Gasteiger partial charge in [0.2, 0.25) is 5.88 Å². The summed E-state index contributed by atoms with van der Waals surface area (Å²) in [5, 5.41) is 2.75. The molecule has 1 heterocycles. The van der Waals surface area contributed by atoms with Crippen molar-refractivity contribution in [3.05, 3.63) is 47.7 Å². The highest BCUT2D eigenvalue weighted by Crippen LogP contribution is 2.30. The summed E-state index contributed by atoms with van der Waals surface area (Å²) in [6, 6.07) is 9.28. The lowest BCUT2D eigenvalue weighted by Gasteiger charge is -2.13. The lowest BCUT2D eigenvalue weighted by Crippen LogP contribution is -2.20. The molecule has 6 heteroatoms. The van der Waals surface area contributed by atoms with E-state index in [1.165, 1.54) is 0 Å². The number of aryl methyl sites for hydroxylation is 1. The number of carbonyl (C=O) groups is 1. The number of hydrogen-bond acceptors (Lipinski definition) is 5. The molecule has 1 N–H and O–H groups in total. The summed E-state index contributed by atoms with van der Waals surface area (Å²) in [6.45, 7) is 4.75. The first-order valence-electron chi connectivity index (χ1n) is 7.67. The number of hydrogen-bond donors (Lipinski definition) is 1. The average molecular weight is 330 g/mol. The van der Waals surface area contributed by atoms with Crippen LogP contribution in [0.5, 0.6) is 11.6 Å². The van der Waals surface area contributed by atoms with Gasteiger partial charge in [0.25, 0.3) is 5.91 Å². The van der Waals surface area contributed by atoms with Crippen molar-refractivity contribution in [3.63, 3.8) is 0 Å². The van der Waals surface area contributed by atoms with E-state index in [2.05, 4.69) is 10.3 Å². The quantitative estimate of drug-likeness (QED) is 0.753. The predicted molar refractivity (Wildman–Crippen MR) is 91.6 cm³/mol. The Morgan fingerprint density at radius 3 is 2.79 bits per heavy atom. The van der Waals surface area contributed by atoms with Gasteiger partial charge in [-0.2, -0.15) is 0 Å². The first-order chi connectivity index (χ1) is 11.6. The molecular weight excluding hydrogens is 308 g/mol. The number of aromatic nitrogens is 1. The zero-order chi connectivity index (χ0) is 17.4. The highest BCUT2D eigenvalue weighted by atomic mass is 16.5. The van der Waals surface area contributed by atoms with Gasteiger partial charge in [-0.05, 0) is 43.2 Å². The summed E-state index contributed by atoms with van der Waals surface area (Å²) in [4.78, 5) is 16.2. The summed E-state index contributed by atoms with van der Waals surface area (Å²) in [5.74, 6) is 0.780. The number of amides is 1. The minimum Gasteiger partial charge on any atom is -0.437 e. The second-order valence-electron chi connectivity index (χ2n) is 5.25. The summed E-state index contributed by atoms with van der Waals surface area (Å²) >= 11 is 0. The Morgan fingerprint density at radius 2 is 2.00 bits per heavy atom. The molecule has 0 spiro atoms. The van der Waals surface area contributed by atoms with Gasteiger partial charge in [0.05, 0.1) is 13.2 Å². The number of ether oxygens (including phenoxy) is 3. The molecule has 24 heavy (non-hydrogen) atoms. The van der Waals surface area contributed by atoms with E-state index in [1.807, 2.05) is 32.0 Å². The van der Waals surface area contributed by atoms with Gasteiger partial charge in [-0.3, -0.25) is 4.79 Å². The number of pyridine rings is 1. The molecule has 0 aliphatic carbocycles. The van der Waals surface area contributed by atoms with Gasteiger partial charge in [-0.25, -0.2) is 4.98 Å². The van der Waals surface area contributed by atoms with Crippen LogP contribution in [0, 0.1) is 13.8 Å². The van der Waals surface area contributed by atoms with Crippen LogP contribution in [0.1, 0.15) is 11.1 Å². The van der Waals surface area contributed by atoms with Crippen molar-refractivity contribution < 1.29 is 19.0 Å². The molecular formula is C18H22N2O4. The Kier molecular flexibility index (Phi) is 6.72. The maximum atomic E-state index is 11.9. The van der Waals surface area contributed by atoms with Gasteiger partial charge in [-0.1, -0.05) is 12.1 Å². The summed E-state index contributed by atoms with van der Waals surface area (Å²) in [5.41, 5.74) is 2.66. The number of anilines is 1. The smallest absolute Gasteiger partial charge is 0.250 e. The minimum atomic E-state index is -0.273. The van der Waals surface area contributed by atoms with E-state index in [4.69, 9.17) is 14.2 Å². The summed E-state index contributed by atoms with van der Waals surface area (Å²) < 4.78 is 15.9. The van der Waals surface area contributed by atoms with Crippen LogP contribution in [-0.4, -0.2) is 37.8 Å². The van der Waals surface area contributed by atoms with Crippen LogP contribution < -0.4 is 10.1 Å². The zero-order valence-corrected chi connectivity index (χ0v) is 14.2. The lowest BCUT2D eigenvalue weighted by atomic mass is 10.1. The van der Waals surface area contributed by atoms with Crippen LogP contribution >= 0.6 is 0 Å². The van der Waals surface area contributed by atoms with Gasteiger partial charge >= 0.3 is 0 Å². The molecule has 0 saturated carbocycles. The molecule has 0 saturated heterocycles. The molecule has 1 aromatic carbocycles. The van der Waals surface area contributed by atoms with Crippen LogP contribution in [0.15, 0.2) is 36.5 Å². The molecule has 2 rings (SSSR count). The third-order valence-corrected chi connectivity index (χ3v) is 3.47. The van der Waals surface area contributed by atoms with E-state index in [9.17, 15) is 4.79 Å². The highest BCUT2D eigenvalue weighted by molar-refractivity contribution is 5.92. The van der Waals surface area contributed by atoms with E-state index in [0.717, 1.165) is 11.1 Å². The van der Waals surface area contributed by atoms with Crippen molar-refractivity contribution in [2.45, 2.75) is 13.8 Å². The molecule has 0 radical (unpaired) electrons. The van der Waals surface area contributed by atoms with E-state index in [0.29, 0.717) is 30.5 Å². The molecule has 1 aromatic heterocycles. The highest BCUT2D eigenvalue weighted by Gasteiger charge is 2.11. The Labute approximate surface area is 141 Å². The lowest BCUT2D eigenvalue weighted by molar-refractivity contribution is -0.121. The molecule has 2 aromatic rings. The fourth-order valence-electron chi connectivity index (χ4n) is 2.00. The van der Waals surface area contributed by atoms with Gasteiger partial charge in [0.1, 0.15) is 18.0 Å². The average Bonchev–Trinajstić information content (AvgIpc) is 2.57. The standard InChI is InChI=1S/C18H22N2O4/c1-13-6-4-8-16(14(13)2)24-18-15(7-5-9-19-18)20-17(21)12-23-11-10-22-3/h4-9H,10-12H2,1-3H3,(H,20,21). The van der Waals surface area contributed by atoms with Crippen molar-refractivity contribution in [1.82, 2.24) is 4.98 Å². The van der Waals surface area contributed by atoms with Crippen LogP contribution in [0.3, 0.4) is 0 Å². The molecule has 0 bridgehead atoms. The molecule has 0 unspecified atom stereocenters. The fourth-order valence-corrected chi connectivity index (χ4v) is 2.00. The third-order valence-electron chi connectivity index (χ3n) is 3.47. The number of carbonyl (C=O) groups excluding carboxylic acids is 1. The number of methoxy groups -OCH3 is 1. The molecule has 0 fully saturated rings. The molecule has 0 atom stereocenters. The Hall–Kier alpha value is -2.44. The SMILES string of the molecule is COCCOCC(=O)Nc1cccnc1Oc1cccc(C)c1C. The third kappa shape index (κ3) is 5.04. The minimum absolute atomic E-state index is 0.0544. The van der Waals surface area contributed by atoms with Gasteiger partial charge in [-0.15, -0.1) is 0 Å². The number of rotatable bonds is 8. The first-order valence-corrected chi connectivity index (χ1v) is 7.67. The van der Waals surface area contributed by atoms with Crippen molar-refractivity contribution in [2.24, 2.45) is 0 Å². The summed E-state index contributed by atoms with van der Waals surface area (Å²) in [7, 11) is 1.58. The maximum Gasteiger partial charge on any atom is 0.250 e. The number of benzene rings is 1. The van der Waals surface area contributed by atoms with Crippen molar-refractivity contribution in [1.29, 1.82) is 0 Å². The number of nitrogens with zero attached hydrogens (tertiary/aromatic N) is 1. The van der Waals surface area contributed by atoms with Crippen LogP contribution in [0.2, 0.25) is 0 Å². The topological polar surface area (TPSA) is 69.7 Å². The van der Waals surface area contributed by atoms with Gasteiger partial charge in [0.15, 0.2) is 0 Å². The van der Waals surface area contributed by atoms with Crippen LogP contribution in [-0.2, 0) is 14.3 Å². The second kappa shape index (κ2) is 9.00. The molecule has 0 aliphatic heterocycles. The Balaban J connectivity index is 2.04. The molecule has 128 valence electrons. The van der Waals surface area contributed by atoms with E-state index in [1.54, 1.807) is 25.4 Å². The largest absolute Gasteiger partial charge is 0.437 e. The van der Waals surface area contributed by atoms with Crippen LogP contribution in [0.4, 0.5) is 5.69 Å². The van der Waals surface area contributed by atoms with Crippen molar-refractivity contribution in [2.75, 3.05) is 32.2 Å². The Bertz CT molecular complexity index is 688. The van der Waals surface area contributed by atoms with E-state index >= 15 is 0 Å². The first kappa shape index (κ1) is 17.9. The second-order valence-corrected chi connectivity index (χ2v) is 5.25. The van der Waals surface area contributed by atoms with Crippen molar-refractivity contribution >= 4 is 11.6 Å². The van der Waals surface area contributed by atoms with Crippen LogP contribution in [0.25, 0.3) is 0 Å². The number of nitrogens with one attached hydrogen (secondary N) is 1.